The molecule has 0 rings (SSSR count). The summed E-state index contributed by atoms with van der Waals surface area (Å²) < 4.78 is 0. The molecule has 2 nitrogen and oxygen atoms in total. The molecule has 0 aromatic heterocycles. The average molecular weight is 272 g/mol. The summed E-state index contributed by atoms with van der Waals surface area (Å²) in [5, 5.41) is 19.1. The van der Waals surface area contributed by atoms with Gasteiger partial charge in [0.2, 0.25) is 0 Å². The highest BCUT2D eigenvalue weighted by Gasteiger charge is 2.09. The molecule has 0 saturated carbocycles. The number of aliphatic hydroxyl groups is 2. The maximum Gasteiger partial charge on any atom is 0.0564 e. The zero-order valence-electron chi connectivity index (χ0n) is 13.2. The Morgan fingerprint density at radius 1 is 0.632 bits per heavy atom. The normalized spacial score (nSPS) is 14.5. The largest absolute Gasteiger partial charge is 0.393 e. The van der Waals surface area contributed by atoms with Crippen LogP contribution in [-0.4, -0.2) is 22.4 Å². The van der Waals surface area contributed by atoms with Crippen molar-refractivity contribution in [3.05, 3.63) is 0 Å². The Kier molecular flexibility index (Phi) is 14.3. The molecule has 0 aromatic carbocycles. The minimum absolute atomic E-state index is 0.302. The molecule has 0 radical (unpaired) electrons. The Labute approximate surface area is 120 Å². The summed E-state index contributed by atoms with van der Waals surface area (Å²) in [5.74, 6) is 0. The topological polar surface area (TPSA) is 40.5 Å². The highest BCUT2D eigenvalue weighted by atomic mass is 16.3. The van der Waals surface area contributed by atoms with E-state index in [9.17, 15) is 10.2 Å². The monoisotopic (exact) mass is 272 g/mol. The van der Waals surface area contributed by atoms with Gasteiger partial charge < -0.3 is 10.2 Å². The highest BCUT2D eigenvalue weighted by Crippen LogP contribution is 2.13. The third-order valence-corrected chi connectivity index (χ3v) is 3.91. The van der Waals surface area contributed by atoms with Gasteiger partial charge in [-0.05, 0) is 19.3 Å². The Hall–Kier alpha value is -0.0800. The van der Waals surface area contributed by atoms with E-state index in [1.807, 2.05) is 6.92 Å². The fourth-order valence-electron chi connectivity index (χ4n) is 2.47. The number of hydrogen-bond acceptors (Lipinski definition) is 2. The van der Waals surface area contributed by atoms with E-state index in [0.717, 1.165) is 19.3 Å². The molecule has 116 valence electrons. The lowest BCUT2D eigenvalue weighted by atomic mass is 10.0. The Morgan fingerprint density at radius 3 is 1.58 bits per heavy atom. The van der Waals surface area contributed by atoms with E-state index >= 15 is 0 Å². The minimum Gasteiger partial charge on any atom is -0.393 e. The standard InChI is InChI=1S/C17H36O2/c1-3-5-6-7-8-9-10-11-12-13-14-17(19)15-16(18)4-2/h16-19H,3-15H2,1-2H3. The molecule has 0 fully saturated rings. The van der Waals surface area contributed by atoms with Crippen molar-refractivity contribution in [3.8, 4) is 0 Å². The summed E-state index contributed by atoms with van der Waals surface area (Å²) in [6, 6.07) is 0. The first-order valence-corrected chi connectivity index (χ1v) is 8.56. The van der Waals surface area contributed by atoms with Crippen LogP contribution in [0, 0.1) is 0 Å². The van der Waals surface area contributed by atoms with Gasteiger partial charge in [-0.25, -0.2) is 0 Å². The van der Waals surface area contributed by atoms with Crippen LogP contribution in [0.25, 0.3) is 0 Å². The molecular weight excluding hydrogens is 236 g/mol. The van der Waals surface area contributed by atoms with Crippen molar-refractivity contribution in [3.63, 3.8) is 0 Å². The van der Waals surface area contributed by atoms with Gasteiger partial charge in [0.05, 0.1) is 12.2 Å². The fourth-order valence-corrected chi connectivity index (χ4v) is 2.47. The van der Waals surface area contributed by atoms with E-state index in [2.05, 4.69) is 6.92 Å². The molecular formula is C17H36O2. The van der Waals surface area contributed by atoms with Gasteiger partial charge in [0.15, 0.2) is 0 Å². The predicted molar refractivity (Wildman–Crippen MR) is 83.4 cm³/mol. The minimum atomic E-state index is -0.321. The number of aliphatic hydroxyl groups excluding tert-OH is 2. The first-order chi connectivity index (χ1) is 9.20. The van der Waals surface area contributed by atoms with Crippen molar-refractivity contribution < 1.29 is 10.2 Å². The van der Waals surface area contributed by atoms with E-state index < -0.39 is 0 Å². The van der Waals surface area contributed by atoms with E-state index in [1.165, 1.54) is 57.8 Å². The Morgan fingerprint density at radius 2 is 1.11 bits per heavy atom. The van der Waals surface area contributed by atoms with E-state index in [4.69, 9.17) is 0 Å². The second-order valence-electron chi connectivity index (χ2n) is 5.92. The first-order valence-electron chi connectivity index (χ1n) is 8.56. The summed E-state index contributed by atoms with van der Waals surface area (Å²) in [5.41, 5.74) is 0. The Balaban J connectivity index is 3.13. The number of unbranched alkanes of at least 4 members (excludes halogenated alkanes) is 9. The quantitative estimate of drug-likeness (QED) is 0.445. The molecule has 2 unspecified atom stereocenters. The van der Waals surface area contributed by atoms with Crippen LogP contribution in [0.5, 0.6) is 0 Å². The van der Waals surface area contributed by atoms with Gasteiger partial charge in [-0.15, -0.1) is 0 Å². The second-order valence-corrected chi connectivity index (χ2v) is 5.92. The van der Waals surface area contributed by atoms with Gasteiger partial charge in [0.25, 0.3) is 0 Å². The molecule has 0 spiro atoms. The molecule has 2 heteroatoms. The summed E-state index contributed by atoms with van der Waals surface area (Å²) >= 11 is 0. The highest BCUT2D eigenvalue weighted by molar-refractivity contribution is 4.62. The lowest BCUT2D eigenvalue weighted by Crippen LogP contribution is -2.16. The van der Waals surface area contributed by atoms with Gasteiger partial charge in [-0.2, -0.15) is 0 Å². The van der Waals surface area contributed by atoms with Gasteiger partial charge in [-0.3, -0.25) is 0 Å². The van der Waals surface area contributed by atoms with Crippen molar-refractivity contribution in [2.45, 2.75) is 110 Å². The smallest absolute Gasteiger partial charge is 0.0564 e. The molecule has 2 N–H and O–H groups in total. The molecule has 0 aliphatic heterocycles. The lowest BCUT2D eigenvalue weighted by molar-refractivity contribution is 0.0721. The van der Waals surface area contributed by atoms with Gasteiger partial charge in [0, 0.05) is 0 Å². The van der Waals surface area contributed by atoms with Gasteiger partial charge in [0.1, 0.15) is 0 Å². The second kappa shape index (κ2) is 14.3. The Bertz CT molecular complexity index is 171. The van der Waals surface area contributed by atoms with E-state index in [1.54, 1.807) is 0 Å². The zero-order valence-corrected chi connectivity index (χ0v) is 13.2. The lowest BCUT2D eigenvalue weighted by Gasteiger charge is -2.13. The molecule has 2 atom stereocenters. The van der Waals surface area contributed by atoms with Crippen LogP contribution in [0.1, 0.15) is 97.3 Å². The number of hydrogen-bond donors (Lipinski definition) is 2. The fraction of sp³-hybridized carbons (Fsp3) is 1.00. The molecule has 0 heterocycles. The van der Waals surface area contributed by atoms with E-state index in [-0.39, 0.29) is 12.2 Å². The van der Waals surface area contributed by atoms with Crippen LogP contribution in [0.2, 0.25) is 0 Å². The molecule has 0 aromatic rings. The van der Waals surface area contributed by atoms with Crippen LogP contribution in [0.15, 0.2) is 0 Å². The summed E-state index contributed by atoms with van der Waals surface area (Å²) in [6.45, 7) is 4.21. The molecule has 0 saturated heterocycles. The molecule has 0 aliphatic carbocycles. The van der Waals surface area contributed by atoms with Crippen molar-refractivity contribution in [2.75, 3.05) is 0 Å². The summed E-state index contributed by atoms with van der Waals surface area (Å²) in [6.07, 6.45) is 14.8. The van der Waals surface area contributed by atoms with Crippen molar-refractivity contribution in [1.82, 2.24) is 0 Å². The van der Waals surface area contributed by atoms with Gasteiger partial charge in [-0.1, -0.05) is 78.1 Å². The van der Waals surface area contributed by atoms with Crippen molar-refractivity contribution >= 4 is 0 Å². The van der Waals surface area contributed by atoms with Crippen LogP contribution < -0.4 is 0 Å². The first kappa shape index (κ1) is 18.9. The number of rotatable bonds is 14. The van der Waals surface area contributed by atoms with Crippen LogP contribution in [0.3, 0.4) is 0 Å². The van der Waals surface area contributed by atoms with Gasteiger partial charge >= 0.3 is 0 Å². The van der Waals surface area contributed by atoms with Crippen LogP contribution >= 0.6 is 0 Å². The molecule has 0 bridgehead atoms. The third-order valence-electron chi connectivity index (χ3n) is 3.91. The average Bonchev–Trinajstić information content (AvgIpc) is 2.40. The molecule has 0 amide bonds. The zero-order chi connectivity index (χ0) is 14.3. The molecule has 0 aliphatic rings. The van der Waals surface area contributed by atoms with Crippen molar-refractivity contribution in [1.29, 1.82) is 0 Å². The third kappa shape index (κ3) is 14.1. The maximum absolute atomic E-state index is 9.71. The van der Waals surface area contributed by atoms with Crippen molar-refractivity contribution in [2.24, 2.45) is 0 Å². The predicted octanol–water partition coefficient (Wildman–Crippen LogP) is 4.82. The molecule has 19 heavy (non-hydrogen) atoms. The summed E-state index contributed by atoms with van der Waals surface area (Å²) in [7, 11) is 0. The SMILES string of the molecule is CCCCCCCCCCCCC(O)CC(O)CC. The van der Waals surface area contributed by atoms with Crippen LogP contribution in [-0.2, 0) is 0 Å². The van der Waals surface area contributed by atoms with E-state index in [0.29, 0.717) is 6.42 Å². The maximum atomic E-state index is 9.71. The van der Waals surface area contributed by atoms with Crippen LogP contribution in [0.4, 0.5) is 0 Å². The summed E-state index contributed by atoms with van der Waals surface area (Å²) in [4.78, 5) is 0.